The first-order valence-corrected chi connectivity index (χ1v) is 10.8. The molecule has 0 saturated carbocycles. The number of nitrogen functional groups attached to an aromatic ring is 1. The van der Waals surface area contributed by atoms with E-state index >= 15 is 0 Å². The van der Waals surface area contributed by atoms with E-state index in [-0.39, 0.29) is 17.3 Å². The number of hydrogen-bond acceptors (Lipinski definition) is 6. The van der Waals surface area contributed by atoms with Crippen molar-refractivity contribution in [2.24, 2.45) is 0 Å². The topological polar surface area (TPSA) is 127 Å². The lowest BCUT2D eigenvalue weighted by Gasteiger charge is -2.13. The quantitative estimate of drug-likeness (QED) is 0.509. The van der Waals surface area contributed by atoms with Crippen LogP contribution in [0.4, 0.5) is 26.0 Å². The van der Waals surface area contributed by atoms with Crippen molar-refractivity contribution < 1.29 is 22.0 Å². The van der Waals surface area contributed by atoms with Gasteiger partial charge < -0.3 is 11.1 Å². The zero-order chi connectivity index (χ0) is 22.6. The number of pyridine rings is 2. The van der Waals surface area contributed by atoms with Gasteiger partial charge in [0.1, 0.15) is 17.2 Å². The molecule has 2 heterocycles. The number of amides is 1. The Morgan fingerprint density at radius 2 is 1.97 bits per heavy atom. The number of carbonyl (C=O) groups excluding carboxylic acids is 1. The molecular weight excluding hydrogens is 428 g/mol. The molecule has 0 aliphatic rings. The average molecular weight is 447 g/mol. The Balaban J connectivity index is 1.91. The Kier molecular flexibility index (Phi) is 6.44. The van der Waals surface area contributed by atoms with E-state index in [4.69, 9.17) is 5.73 Å². The summed E-state index contributed by atoms with van der Waals surface area (Å²) in [7, 11) is -3.84. The molecule has 2 aromatic heterocycles. The molecule has 0 atom stereocenters. The van der Waals surface area contributed by atoms with Crippen molar-refractivity contribution >= 4 is 33.1 Å². The van der Waals surface area contributed by atoms with Crippen molar-refractivity contribution in [1.82, 2.24) is 9.97 Å². The fourth-order valence-corrected chi connectivity index (χ4v) is 3.95. The highest BCUT2D eigenvalue weighted by atomic mass is 32.2. The third-order valence-electron chi connectivity index (χ3n) is 4.21. The minimum atomic E-state index is -3.84. The number of nitrogens with zero attached hydrogens (tertiary/aromatic N) is 2. The van der Waals surface area contributed by atoms with Gasteiger partial charge in [-0.3, -0.25) is 14.5 Å². The van der Waals surface area contributed by atoms with Crippen LogP contribution in [-0.2, 0) is 10.0 Å². The van der Waals surface area contributed by atoms with Gasteiger partial charge in [-0.05, 0) is 30.7 Å². The lowest BCUT2D eigenvalue weighted by molar-refractivity contribution is 0.101. The standard InChI is InChI=1S/C20H19F2N5O3S/c1-2-8-31(29,30)27-16-6-5-15(21)17(18(16)22)20(28)26-13-9-14(19(23)25-11-13)12-4-3-7-24-10-12/h3-7,9-11,27H,2,8H2,1H3,(H2,23,25)(H,26,28). The summed E-state index contributed by atoms with van der Waals surface area (Å²) < 4.78 is 54.9. The highest BCUT2D eigenvalue weighted by Crippen LogP contribution is 2.28. The number of sulfonamides is 1. The Morgan fingerprint density at radius 3 is 2.65 bits per heavy atom. The van der Waals surface area contributed by atoms with Gasteiger partial charge in [-0.2, -0.15) is 0 Å². The van der Waals surface area contributed by atoms with E-state index in [2.05, 4.69) is 15.3 Å². The summed E-state index contributed by atoms with van der Waals surface area (Å²) in [5, 5.41) is 2.36. The summed E-state index contributed by atoms with van der Waals surface area (Å²) in [6.45, 7) is 1.64. The molecule has 8 nitrogen and oxygen atoms in total. The van der Waals surface area contributed by atoms with Crippen molar-refractivity contribution in [3.8, 4) is 11.1 Å². The molecule has 4 N–H and O–H groups in total. The molecule has 0 aliphatic carbocycles. The van der Waals surface area contributed by atoms with Gasteiger partial charge in [0.25, 0.3) is 5.91 Å². The van der Waals surface area contributed by atoms with E-state index in [9.17, 15) is 22.0 Å². The molecule has 3 aromatic rings. The van der Waals surface area contributed by atoms with Crippen LogP contribution in [0.15, 0.2) is 48.9 Å². The number of anilines is 3. The first kappa shape index (κ1) is 22.1. The SMILES string of the molecule is CCCS(=O)(=O)Nc1ccc(F)c(C(=O)Nc2cnc(N)c(-c3cccnc3)c2)c1F. The second-order valence-electron chi connectivity index (χ2n) is 6.56. The normalized spacial score (nSPS) is 11.2. The summed E-state index contributed by atoms with van der Waals surface area (Å²) in [5.41, 5.74) is 5.65. The summed E-state index contributed by atoms with van der Waals surface area (Å²) in [6, 6.07) is 6.64. The van der Waals surface area contributed by atoms with Gasteiger partial charge in [-0.1, -0.05) is 13.0 Å². The van der Waals surface area contributed by atoms with Crippen molar-refractivity contribution in [2.75, 3.05) is 21.5 Å². The first-order chi connectivity index (χ1) is 14.7. The van der Waals surface area contributed by atoms with E-state index in [1.165, 1.54) is 12.3 Å². The van der Waals surface area contributed by atoms with Crippen molar-refractivity contribution in [3.05, 3.63) is 66.1 Å². The molecule has 1 amide bonds. The molecule has 3 rings (SSSR count). The van der Waals surface area contributed by atoms with Crippen LogP contribution in [0.5, 0.6) is 0 Å². The zero-order valence-electron chi connectivity index (χ0n) is 16.4. The van der Waals surface area contributed by atoms with Gasteiger partial charge in [0.05, 0.1) is 23.3 Å². The van der Waals surface area contributed by atoms with Gasteiger partial charge in [0, 0.05) is 23.5 Å². The second-order valence-corrected chi connectivity index (χ2v) is 8.40. The minimum absolute atomic E-state index is 0.133. The van der Waals surface area contributed by atoms with E-state index in [0.717, 1.165) is 12.1 Å². The maximum absolute atomic E-state index is 14.8. The van der Waals surface area contributed by atoms with Crippen LogP contribution in [0.1, 0.15) is 23.7 Å². The van der Waals surface area contributed by atoms with Gasteiger partial charge in [0.2, 0.25) is 10.0 Å². The number of hydrogen-bond donors (Lipinski definition) is 3. The predicted molar refractivity (Wildman–Crippen MR) is 114 cm³/mol. The van der Waals surface area contributed by atoms with E-state index in [1.807, 2.05) is 4.72 Å². The Labute approximate surface area is 177 Å². The third kappa shape index (κ3) is 5.12. The largest absolute Gasteiger partial charge is 0.383 e. The molecule has 0 aliphatic heterocycles. The average Bonchev–Trinajstić information content (AvgIpc) is 2.72. The summed E-state index contributed by atoms with van der Waals surface area (Å²) >= 11 is 0. The fraction of sp³-hybridized carbons (Fsp3) is 0.150. The fourth-order valence-electron chi connectivity index (χ4n) is 2.82. The van der Waals surface area contributed by atoms with Crippen LogP contribution in [0.3, 0.4) is 0 Å². The maximum atomic E-state index is 14.8. The zero-order valence-corrected chi connectivity index (χ0v) is 17.2. The lowest BCUT2D eigenvalue weighted by atomic mass is 10.1. The number of aromatic nitrogens is 2. The third-order valence-corrected chi connectivity index (χ3v) is 5.68. The molecular formula is C20H19F2N5O3S. The molecule has 0 fully saturated rings. The molecule has 0 spiro atoms. The van der Waals surface area contributed by atoms with Gasteiger partial charge >= 0.3 is 0 Å². The highest BCUT2D eigenvalue weighted by Gasteiger charge is 2.23. The van der Waals surface area contributed by atoms with Crippen LogP contribution in [0.25, 0.3) is 11.1 Å². The summed E-state index contributed by atoms with van der Waals surface area (Å²) in [4.78, 5) is 20.6. The van der Waals surface area contributed by atoms with Crippen molar-refractivity contribution in [3.63, 3.8) is 0 Å². The number of carbonyl (C=O) groups is 1. The van der Waals surface area contributed by atoms with Crippen LogP contribution in [-0.4, -0.2) is 30.0 Å². The van der Waals surface area contributed by atoms with Crippen LogP contribution in [0.2, 0.25) is 0 Å². The van der Waals surface area contributed by atoms with E-state index < -0.39 is 38.8 Å². The molecule has 0 saturated heterocycles. The van der Waals surface area contributed by atoms with Gasteiger partial charge in [0.15, 0.2) is 5.82 Å². The van der Waals surface area contributed by atoms with Gasteiger partial charge in [-0.15, -0.1) is 0 Å². The van der Waals surface area contributed by atoms with Crippen LogP contribution >= 0.6 is 0 Å². The van der Waals surface area contributed by atoms with Crippen LogP contribution < -0.4 is 15.8 Å². The molecule has 0 radical (unpaired) electrons. The van der Waals surface area contributed by atoms with Gasteiger partial charge in [-0.25, -0.2) is 22.2 Å². The molecule has 0 bridgehead atoms. The monoisotopic (exact) mass is 447 g/mol. The lowest BCUT2D eigenvalue weighted by Crippen LogP contribution is -2.20. The Morgan fingerprint density at radius 1 is 1.19 bits per heavy atom. The first-order valence-electron chi connectivity index (χ1n) is 9.17. The molecule has 1 aromatic carbocycles. The molecule has 11 heteroatoms. The summed E-state index contributed by atoms with van der Waals surface area (Å²) in [6.07, 6.45) is 4.65. The maximum Gasteiger partial charge on any atom is 0.261 e. The number of benzene rings is 1. The van der Waals surface area contributed by atoms with Crippen molar-refractivity contribution in [1.29, 1.82) is 0 Å². The van der Waals surface area contributed by atoms with Crippen molar-refractivity contribution in [2.45, 2.75) is 13.3 Å². The van der Waals surface area contributed by atoms with Crippen LogP contribution in [0, 0.1) is 11.6 Å². The number of nitrogens with one attached hydrogen (secondary N) is 2. The number of halogens is 2. The Bertz CT molecular complexity index is 1220. The minimum Gasteiger partial charge on any atom is -0.383 e. The molecule has 162 valence electrons. The van der Waals surface area contributed by atoms with E-state index in [0.29, 0.717) is 17.5 Å². The predicted octanol–water partition coefficient (Wildman–Crippen LogP) is 3.41. The number of rotatable bonds is 7. The molecule has 31 heavy (non-hydrogen) atoms. The Hall–Kier alpha value is -3.60. The number of nitrogens with two attached hydrogens (primary N) is 1. The smallest absolute Gasteiger partial charge is 0.261 e. The van der Waals surface area contributed by atoms with E-state index in [1.54, 1.807) is 31.5 Å². The highest BCUT2D eigenvalue weighted by molar-refractivity contribution is 7.92. The second kappa shape index (κ2) is 9.04. The summed E-state index contributed by atoms with van der Waals surface area (Å²) in [5.74, 6) is -3.66. The molecule has 0 unspecified atom stereocenters.